The van der Waals surface area contributed by atoms with Crippen LogP contribution in [0.15, 0.2) is 12.3 Å². The zero-order valence-electron chi connectivity index (χ0n) is 9.64. The molecule has 0 saturated carbocycles. The third-order valence-electron chi connectivity index (χ3n) is 2.30. The molecule has 6 heteroatoms. The van der Waals surface area contributed by atoms with Gasteiger partial charge < -0.3 is 5.32 Å². The third-order valence-corrected chi connectivity index (χ3v) is 2.30. The molecule has 1 N–H and O–H groups in total. The van der Waals surface area contributed by atoms with Crippen molar-refractivity contribution >= 4 is 11.5 Å². The number of hydrogen-bond acceptors (Lipinski definition) is 5. The van der Waals surface area contributed by atoms with Crippen molar-refractivity contribution in [2.24, 2.45) is 0 Å². The van der Waals surface area contributed by atoms with Crippen LogP contribution in [0, 0.1) is 21.4 Å². The van der Waals surface area contributed by atoms with Crippen molar-refractivity contribution < 1.29 is 4.92 Å². The molecule has 1 rings (SSSR count). The lowest BCUT2D eigenvalue weighted by Gasteiger charge is -2.05. The highest BCUT2D eigenvalue weighted by Crippen LogP contribution is 2.25. The van der Waals surface area contributed by atoms with E-state index < -0.39 is 4.92 Å². The molecule has 17 heavy (non-hydrogen) atoms. The molecule has 0 amide bonds. The number of rotatable bonds is 6. The third kappa shape index (κ3) is 3.41. The summed E-state index contributed by atoms with van der Waals surface area (Å²) in [7, 11) is 0. The molecule has 0 unspecified atom stereocenters. The predicted molar refractivity (Wildman–Crippen MR) is 63.6 cm³/mol. The highest BCUT2D eigenvalue weighted by atomic mass is 16.6. The quantitative estimate of drug-likeness (QED) is 0.463. The zero-order valence-corrected chi connectivity index (χ0v) is 9.64. The summed E-state index contributed by atoms with van der Waals surface area (Å²) in [6.07, 6.45) is 4.45. The van der Waals surface area contributed by atoms with Gasteiger partial charge in [0.1, 0.15) is 11.6 Å². The summed E-state index contributed by atoms with van der Waals surface area (Å²) in [6, 6.07) is 3.14. The first-order valence-corrected chi connectivity index (χ1v) is 5.48. The van der Waals surface area contributed by atoms with Gasteiger partial charge in [0.25, 0.3) is 0 Å². The molecule has 0 bridgehead atoms. The van der Waals surface area contributed by atoms with Gasteiger partial charge in [-0.15, -0.1) is 0 Å². The largest absolute Gasteiger partial charge is 0.364 e. The van der Waals surface area contributed by atoms with Gasteiger partial charge in [0, 0.05) is 12.7 Å². The lowest BCUT2D eigenvalue weighted by Crippen LogP contribution is -2.07. The van der Waals surface area contributed by atoms with Crippen LogP contribution in [0.1, 0.15) is 31.7 Å². The Hall–Kier alpha value is -2.16. The van der Waals surface area contributed by atoms with Gasteiger partial charge in [0.2, 0.25) is 5.82 Å². The molecule has 0 radical (unpaired) electrons. The average molecular weight is 234 g/mol. The minimum absolute atomic E-state index is 0.0305. The summed E-state index contributed by atoms with van der Waals surface area (Å²) in [5, 5.41) is 22.6. The van der Waals surface area contributed by atoms with E-state index in [1.165, 1.54) is 12.3 Å². The topological polar surface area (TPSA) is 91.8 Å². The van der Waals surface area contributed by atoms with Gasteiger partial charge in [-0.3, -0.25) is 10.1 Å². The van der Waals surface area contributed by atoms with E-state index in [0.29, 0.717) is 6.54 Å². The number of nitrogens with one attached hydrogen (secondary N) is 1. The van der Waals surface area contributed by atoms with Crippen LogP contribution >= 0.6 is 0 Å². The first-order chi connectivity index (χ1) is 8.20. The van der Waals surface area contributed by atoms with Gasteiger partial charge in [-0.1, -0.05) is 19.8 Å². The van der Waals surface area contributed by atoms with Gasteiger partial charge in [-0.25, -0.2) is 4.98 Å². The number of hydrogen-bond donors (Lipinski definition) is 1. The van der Waals surface area contributed by atoms with Crippen LogP contribution in [-0.2, 0) is 0 Å². The van der Waals surface area contributed by atoms with E-state index in [1.54, 1.807) is 6.07 Å². The Morgan fingerprint density at radius 1 is 1.59 bits per heavy atom. The van der Waals surface area contributed by atoms with Crippen LogP contribution in [0.5, 0.6) is 0 Å². The lowest BCUT2D eigenvalue weighted by molar-refractivity contribution is -0.384. The van der Waals surface area contributed by atoms with Crippen molar-refractivity contribution in [1.29, 1.82) is 5.26 Å². The monoisotopic (exact) mass is 234 g/mol. The maximum absolute atomic E-state index is 10.9. The number of anilines is 1. The zero-order chi connectivity index (χ0) is 12.7. The van der Waals surface area contributed by atoms with E-state index in [9.17, 15) is 10.1 Å². The number of aromatic nitrogens is 1. The summed E-state index contributed by atoms with van der Waals surface area (Å²) in [4.78, 5) is 14.2. The Morgan fingerprint density at radius 2 is 2.35 bits per heavy atom. The van der Waals surface area contributed by atoms with Crippen LogP contribution in [0.3, 0.4) is 0 Å². The summed E-state index contributed by atoms with van der Waals surface area (Å²) in [6.45, 7) is 2.70. The molecule has 0 aliphatic rings. The van der Waals surface area contributed by atoms with E-state index in [4.69, 9.17) is 5.26 Å². The van der Waals surface area contributed by atoms with Crippen LogP contribution < -0.4 is 5.32 Å². The number of nitriles is 1. The van der Waals surface area contributed by atoms with Crippen molar-refractivity contribution in [3.63, 3.8) is 0 Å². The molecular formula is C11H14N4O2. The van der Waals surface area contributed by atoms with Gasteiger partial charge in [-0.2, -0.15) is 5.26 Å². The second-order valence-corrected chi connectivity index (χ2v) is 3.56. The Morgan fingerprint density at radius 3 is 2.94 bits per heavy atom. The Bertz CT molecular complexity index is 440. The maximum atomic E-state index is 10.9. The Labute approximate surface area is 99.4 Å². The molecule has 90 valence electrons. The van der Waals surface area contributed by atoms with Crippen LogP contribution in [0.2, 0.25) is 0 Å². The molecule has 0 spiro atoms. The fraction of sp³-hybridized carbons (Fsp3) is 0.455. The predicted octanol–water partition coefficient (Wildman–Crippen LogP) is 2.46. The molecule has 0 atom stereocenters. The minimum Gasteiger partial charge on any atom is -0.364 e. The number of unbranched alkanes of at least 4 members (excludes halogenated alkanes) is 2. The smallest absolute Gasteiger partial charge is 0.328 e. The Kier molecular flexibility index (Phi) is 4.88. The molecule has 0 aliphatic heterocycles. The molecule has 0 fully saturated rings. The molecule has 0 saturated heterocycles. The first kappa shape index (κ1) is 12.9. The lowest BCUT2D eigenvalue weighted by atomic mass is 10.2. The SMILES string of the molecule is CCCCCNc1nccc(C#N)c1[N+](=O)[O-]. The first-order valence-electron chi connectivity index (χ1n) is 5.48. The standard InChI is InChI=1S/C11H14N4O2/c1-2-3-4-6-13-11-10(15(16)17)9(8-12)5-7-14-11/h5,7H,2-4,6H2,1H3,(H,13,14). The van der Waals surface area contributed by atoms with Gasteiger partial charge >= 0.3 is 5.69 Å². The fourth-order valence-electron chi connectivity index (χ4n) is 1.44. The van der Waals surface area contributed by atoms with Crippen LogP contribution in [0.4, 0.5) is 11.5 Å². The second kappa shape index (κ2) is 6.43. The molecule has 0 aliphatic carbocycles. The average Bonchev–Trinajstić information content (AvgIpc) is 2.33. The van der Waals surface area contributed by atoms with Crippen molar-refractivity contribution in [3.8, 4) is 6.07 Å². The van der Waals surface area contributed by atoms with Crippen molar-refractivity contribution in [3.05, 3.63) is 27.9 Å². The fourth-order valence-corrected chi connectivity index (χ4v) is 1.44. The van der Waals surface area contributed by atoms with Gasteiger partial charge in [0.15, 0.2) is 0 Å². The van der Waals surface area contributed by atoms with Crippen molar-refractivity contribution in [1.82, 2.24) is 4.98 Å². The van der Waals surface area contributed by atoms with E-state index in [0.717, 1.165) is 19.3 Å². The van der Waals surface area contributed by atoms with Crippen LogP contribution in [-0.4, -0.2) is 16.5 Å². The van der Waals surface area contributed by atoms with E-state index in [-0.39, 0.29) is 17.1 Å². The molecule has 1 aromatic rings. The normalized spacial score (nSPS) is 9.65. The van der Waals surface area contributed by atoms with E-state index in [1.807, 2.05) is 0 Å². The maximum Gasteiger partial charge on any atom is 0.328 e. The Balaban J connectivity index is 2.84. The highest BCUT2D eigenvalue weighted by Gasteiger charge is 2.20. The van der Waals surface area contributed by atoms with Crippen molar-refractivity contribution in [2.75, 3.05) is 11.9 Å². The summed E-state index contributed by atoms with van der Waals surface area (Å²) in [5.74, 6) is 0.171. The number of nitro groups is 1. The summed E-state index contributed by atoms with van der Waals surface area (Å²) < 4.78 is 0. The summed E-state index contributed by atoms with van der Waals surface area (Å²) in [5.41, 5.74) is -0.213. The molecule has 1 heterocycles. The number of pyridine rings is 1. The molecule has 6 nitrogen and oxygen atoms in total. The highest BCUT2D eigenvalue weighted by molar-refractivity contribution is 5.63. The van der Waals surface area contributed by atoms with Gasteiger partial charge in [-0.05, 0) is 12.5 Å². The van der Waals surface area contributed by atoms with Gasteiger partial charge in [0.05, 0.1) is 4.92 Å². The van der Waals surface area contributed by atoms with E-state index in [2.05, 4.69) is 17.2 Å². The summed E-state index contributed by atoms with van der Waals surface area (Å²) >= 11 is 0. The second-order valence-electron chi connectivity index (χ2n) is 3.56. The number of nitrogens with zero attached hydrogens (tertiary/aromatic N) is 3. The van der Waals surface area contributed by atoms with E-state index >= 15 is 0 Å². The molecular weight excluding hydrogens is 220 g/mol. The molecule has 1 aromatic heterocycles. The minimum atomic E-state index is -0.576. The molecule has 0 aromatic carbocycles. The van der Waals surface area contributed by atoms with Crippen LogP contribution in [0.25, 0.3) is 0 Å². The van der Waals surface area contributed by atoms with Crippen molar-refractivity contribution in [2.45, 2.75) is 26.2 Å².